The van der Waals surface area contributed by atoms with Crippen LogP contribution in [0.2, 0.25) is 0 Å². The van der Waals surface area contributed by atoms with Gasteiger partial charge in [-0.05, 0) is 45.4 Å². The van der Waals surface area contributed by atoms with E-state index in [0.29, 0.717) is 6.54 Å². The van der Waals surface area contributed by atoms with Gasteiger partial charge in [-0.3, -0.25) is 0 Å². The lowest BCUT2D eigenvalue weighted by Gasteiger charge is -2.28. The van der Waals surface area contributed by atoms with Crippen molar-refractivity contribution in [3.05, 3.63) is 0 Å². The van der Waals surface area contributed by atoms with Crippen LogP contribution < -0.4 is 5.32 Å². The number of hydrogen-bond acceptors (Lipinski definition) is 2. The van der Waals surface area contributed by atoms with E-state index in [9.17, 15) is 0 Å². The number of terminal acetylenes is 1. The summed E-state index contributed by atoms with van der Waals surface area (Å²) >= 11 is 0. The summed E-state index contributed by atoms with van der Waals surface area (Å²) in [7, 11) is 2.19. The van der Waals surface area contributed by atoms with E-state index in [4.69, 9.17) is 6.42 Å². The van der Waals surface area contributed by atoms with Crippen LogP contribution in [0.25, 0.3) is 0 Å². The van der Waals surface area contributed by atoms with Crippen LogP contribution in [0.5, 0.6) is 0 Å². The van der Waals surface area contributed by atoms with E-state index in [1.165, 1.54) is 25.9 Å². The molecule has 2 nitrogen and oxygen atoms in total. The first-order valence-electron chi connectivity index (χ1n) is 4.65. The maximum Gasteiger partial charge on any atom is 0.0573 e. The highest BCUT2D eigenvalue weighted by Crippen LogP contribution is 2.14. The minimum Gasteiger partial charge on any atom is -0.306 e. The Morgan fingerprint density at radius 2 is 2.17 bits per heavy atom. The molecule has 0 amide bonds. The zero-order valence-corrected chi connectivity index (χ0v) is 7.84. The Bertz CT molecular complexity index is 152. The third-order valence-corrected chi connectivity index (χ3v) is 2.50. The maximum atomic E-state index is 5.15. The van der Waals surface area contributed by atoms with E-state index in [1.807, 2.05) is 0 Å². The van der Waals surface area contributed by atoms with Gasteiger partial charge in [0.1, 0.15) is 0 Å². The Morgan fingerprint density at radius 1 is 1.50 bits per heavy atom. The van der Waals surface area contributed by atoms with E-state index >= 15 is 0 Å². The molecule has 0 spiro atoms. The van der Waals surface area contributed by atoms with Crippen molar-refractivity contribution >= 4 is 0 Å². The Hall–Kier alpha value is -0.520. The number of nitrogens with one attached hydrogen (secondary N) is 1. The van der Waals surface area contributed by atoms with Crippen LogP contribution >= 0.6 is 0 Å². The van der Waals surface area contributed by atoms with Gasteiger partial charge in [0, 0.05) is 0 Å². The van der Waals surface area contributed by atoms with Gasteiger partial charge in [0.2, 0.25) is 0 Å². The molecule has 1 rings (SSSR count). The summed E-state index contributed by atoms with van der Waals surface area (Å²) in [5, 5.41) is 3.26. The molecular formula is C10H18N2. The molecular weight excluding hydrogens is 148 g/mol. The zero-order chi connectivity index (χ0) is 8.81. The van der Waals surface area contributed by atoms with Gasteiger partial charge in [-0.15, -0.1) is 6.42 Å². The van der Waals surface area contributed by atoms with Crippen LogP contribution in [0.1, 0.15) is 12.8 Å². The van der Waals surface area contributed by atoms with Gasteiger partial charge in [-0.2, -0.15) is 0 Å². The van der Waals surface area contributed by atoms with Crippen molar-refractivity contribution in [2.45, 2.75) is 12.8 Å². The van der Waals surface area contributed by atoms with Gasteiger partial charge in [-0.1, -0.05) is 5.92 Å². The average Bonchev–Trinajstić information content (AvgIpc) is 2.09. The van der Waals surface area contributed by atoms with E-state index < -0.39 is 0 Å². The second kappa shape index (κ2) is 5.18. The van der Waals surface area contributed by atoms with Gasteiger partial charge in [0.25, 0.3) is 0 Å². The molecule has 1 heterocycles. The van der Waals surface area contributed by atoms with Crippen LogP contribution in [0.4, 0.5) is 0 Å². The van der Waals surface area contributed by atoms with Crippen LogP contribution in [0.3, 0.4) is 0 Å². The average molecular weight is 166 g/mol. The highest BCUT2D eigenvalue weighted by Gasteiger charge is 2.15. The highest BCUT2D eigenvalue weighted by atomic mass is 15.1. The lowest BCUT2D eigenvalue weighted by molar-refractivity contribution is 0.217. The minimum absolute atomic E-state index is 0.715. The van der Waals surface area contributed by atoms with Crippen molar-refractivity contribution in [2.75, 3.05) is 33.2 Å². The normalized spacial score (nSPS) is 20.7. The third kappa shape index (κ3) is 3.25. The van der Waals surface area contributed by atoms with E-state index in [0.717, 1.165) is 12.5 Å². The molecule has 68 valence electrons. The SMILES string of the molecule is C#CCNCC1CCN(C)CC1. The maximum absolute atomic E-state index is 5.15. The third-order valence-electron chi connectivity index (χ3n) is 2.50. The lowest BCUT2D eigenvalue weighted by Crippen LogP contribution is -2.35. The first-order chi connectivity index (χ1) is 5.83. The van der Waals surface area contributed by atoms with Crippen molar-refractivity contribution in [1.29, 1.82) is 0 Å². The van der Waals surface area contributed by atoms with Crippen LogP contribution in [-0.2, 0) is 0 Å². The van der Waals surface area contributed by atoms with E-state index in [1.54, 1.807) is 0 Å². The zero-order valence-electron chi connectivity index (χ0n) is 7.84. The molecule has 1 fully saturated rings. The fourth-order valence-electron chi connectivity index (χ4n) is 1.61. The molecule has 0 bridgehead atoms. The topological polar surface area (TPSA) is 15.3 Å². The predicted molar refractivity (Wildman–Crippen MR) is 51.9 cm³/mol. The number of hydrogen-bond donors (Lipinski definition) is 1. The number of rotatable bonds is 3. The molecule has 0 atom stereocenters. The second-order valence-electron chi connectivity index (χ2n) is 3.58. The predicted octanol–water partition coefficient (Wildman–Crippen LogP) is 0.551. The smallest absolute Gasteiger partial charge is 0.0573 e. The fraction of sp³-hybridized carbons (Fsp3) is 0.800. The Balaban J connectivity index is 2.06. The van der Waals surface area contributed by atoms with Crippen molar-refractivity contribution in [1.82, 2.24) is 10.2 Å². The summed E-state index contributed by atoms with van der Waals surface area (Å²) in [6.07, 6.45) is 7.77. The van der Waals surface area contributed by atoms with E-state index in [-0.39, 0.29) is 0 Å². The summed E-state index contributed by atoms with van der Waals surface area (Å²) < 4.78 is 0. The van der Waals surface area contributed by atoms with Crippen molar-refractivity contribution < 1.29 is 0 Å². The summed E-state index contributed by atoms with van der Waals surface area (Å²) in [4.78, 5) is 2.39. The molecule has 0 aromatic rings. The number of nitrogens with zero attached hydrogens (tertiary/aromatic N) is 1. The molecule has 0 aromatic heterocycles. The van der Waals surface area contributed by atoms with Gasteiger partial charge in [0.05, 0.1) is 6.54 Å². The molecule has 0 aromatic carbocycles. The summed E-state index contributed by atoms with van der Waals surface area (Å²) in [6.45, 7) is 4.29. The molecule has 1 aliphatic rings. The summed E-state index contributed by atoms with van der Waals surface area (Å²) in [5.41, 5.74) is 0. The van der Waals surface area contributed by atoms with Crippen molar-refractivity contribution in [3.8, 4) is 12.3 Å². The number of likely N-dealkylation sites (tertiary alicyclic amines) is 1. The first kappa shape index (κ1) is 9.57. The Kier molecular flexibility index (Phi) is 4.13. The Labute approximate surface area is 75.3 Å². The molecule has 0 unspecified atom stereocenters. The van der Waals surface area contributed by atoms with Gasteiger partial charge >= 0.3 is 0 Å². The lowest BCUT2D eigenvalue weighted by atomic mass is 9.97. The molecule has 1 N–H and O–H groups in total. The second-order valence-corrected chi connectivity index (χ2v) is 3.58. The van der Waals surface area contributed by atoms with Gasteiger partial charge < -0.3 is 10.2 Å². The highest BCUT2D eigenvalue weighted by molar-refractivity contribution is 4.87. The Morgan fingerprint density at radius 3 is 2.75 bits per heavy atom. The first-order valence-corrected chi connectivity index (χ1v) is 4.65. The molecule has 0 aliphatic carbocycles. The quantitative estimate of drug-likeness (QED) is 0.486. The summed E-state index contributed by atoms with van der Waals surface area (Å²) in [5.74, 6) is 3.44. The fourth-order valence-corrected chi connectivity index (χ4v) is 1.61. The van der Waals surface area contributed by atoms with Crippen molar-refractivity contribution in [3.63, 3.8) is 0 Å². The number of piperidine rings is 1. The van der Waals surface area contributed by atoms with Gasteiger partial charge in [0.15, 0.2) is 0 Å². The largest absolute Gasteiger partial charge is 0.306 e. The van der Waals surface area contributed by atoms with Crippen LogP contribution in [0.15, 0.2) is 0 Å². The molecule has 0 saturated carbocycles. The molecule has 1 aliphatic heterocycles. The minimum atomic E-state index is 0.715. The molecule has 12 heavy (non-hydrogen) atoms. The summed E-state index contributed by atoms with van der Waals surface area (Å²) in [6, 6.07) is 0. The molecule has 0 radical (unpaired) electrons. The van der Waals surface area contributed by atoms with Crippen LogP contribution in [0, 0.1) is 18.3 Å². The van der Waals surface area contributed by atoms with Crippen LogP contribution in [-0.4, -0.2) is 38.1 Å². The monoisotopic (exact) mass is 166 g/mol. The molecule has 2 heteroatoms. The standard InChI is InChI=1S/C10H18N2/c1-3-6-11-9-10-4-7-12(2)8-5-10/h1,10-11H,4-9H2,2H3. The van der Waals surface area contributed by atoms with Gasteiger partial charge in [-0.25, -0.2) is 0 Å². The van der Waals surface area contributed by atoms with Crippen molar-refractivity contribution in [2.24, 2.45) is 5.92 Å². The van der Waals surface area contributed by atoms with E-state index in [2.05, 4.69) is 23.2 Å². The molecule has 1 saturated heterocycles.